The summed E-state index contributed by atoms with van der Waals surface area (Å²) in [4.78, 5) is 31.1. The molecule has 0 saturated carbocycles. The van der Waals surface area contributed by atoms with Crippen molar-refractivity contribution in [1.29, 1.82) is 10.5 Å². The van der Waals surface area contributed by atoms with E-state index in [9.17, 15) is 24.3 Å². The monoisotopic (exact) mass is 812 g/mol. The van der Waals surface area contributed by atoms with Gasteiger partial charge in [-0.25, -0.2) is 18.6 Å². The van der Waals surface area contributed by atoms with Crippen LogP contribution in [-0.2, 0) is 33.0 Å². The third-order valence-corrected chi connectivity index (χ3v) is 9.59. The van der Waals surface area contributed by atoms with Crippen molar-refractivity contribution in [1.82, 2.24) is 20.1 Å². The lowest BCUT2D eigenvalue weighted by Crippen LogP contribution is -3.00. The Hall–Kier alpha value is -5.49. The summed E-state index contributed by atoms with van der Waals surface area (Å²) >= 11 is 1.24. The molecule has 2 N–H and O–H groups in total. The molecular weight excluding hydrogens is 777 g/mol. The quantitative estimate of drug-likeness (QED) is 0.133. The Kier molecular flexibility index (Phi) is 15.3. The Balaban J connectivity index is 0.00000406. The van der Waals surface area contributed by atoms with Gasteiger partial charge in [-0.2, -0.15) is 15.1 Å². The summed E-state index contributed by atoms with van der Waals surface area (Å²) in [5.41, 5.74) is 0.479. The maximum atomic E-state index is 15.4. The van der Waals surface area contributed by atoms with Crippen LogP contribution in [0, 0.1) is 34.3 Å². The van der Waals surface area contributed by atoms with Gasteiger partial charge < -0.3 is 32.3 Å². The minimum Gasteiger partial charge on any atom is -1.00 e. The number of likely N-dealkylation sites (N-methyl/N-ethyl adjacent to an activating group) is 1. The van der Waals surface area contributed by atoms with Crippen LogP contribution in [-0.4, -0.2) is 52.6 Å². The predicted molar refractivity (Wildman–Crippen MR) is 195 cm³/mol. The van der Waals surface area contributed by atoms with Crippen molar-refractivity contribution in [3.63, 3.8) is 0 Å². The molecule has 3 aromatic carbocycles. The summed E-state index contributed by atoms with van der Waals surface area (Å²) in [7, 11) is 3.04. The van der Waals surface area contributed by atoms with E-state index in [1.165, 1.54) is 57.3 Å². The van der Waals surface area contributed by atoms with E-state index >= 15 is 4.39 Å². The molecule has 55 heavy (non-hydrogen) atoms. The molecule has 0 saturated heterocycles. The molecule has 0 aliphatic rings. The van der Waals surface area contributed by atoms with Gasteiger partial charge in [-0.05, 0) is 49.5 Å². The zero-order valence-electron chi connectivity index (χ0n) is 29.9. The number of amides is 1. The minimum atomic E-state index is -2.06. The number of esters is 1. The standard InChI is InChI=1S/C37H35F2N8O5S.2ClH/c1-23(35-44-32(19-53-35)27-8-5-25(15-40)6-9-27)37(50,30-14-29(38)11-12-31(30)39)20-47-22-46(21-43-47)24(2)52-36(49)45(4)33-13-26(16-41)7-10-28(33)18-51-34(48)17-42-3;;/h5-14,19,21-24,42,50H,17-18,20H2,1-4H3;2*1H/q+1;;/p-1. The molecule has 0 radical (unpaired) electrons. The van der Waals surface area contributed by atoms with Crippen LogP contribution in [0.1, 0.15) is 53.3 Å². The van der Waals surface area contributed by atoms with Crippen molar-refractivity contribution < 1.29 is 49.9 Å². The number of nitrogens with zero attached hydrogens (tertiary/aromatic N) is 7. The van der Waals surface area contributed by atoms with Gasteiger partial charge in [-0.15, -0.1) is 28.4 Å². The highest BCUT2D eigenvalue weighted by Gasteiger charge is 2.43. The smallest absolute Gasteiger partial charge is 0.416 e. The zero-order valence-corrected chi connectivity index (χ0v) is 32.3. The second kappa shape index (κ2) is 19.2. The number of ether oxygens (including phenoxy) is 2. The Morgan fingerprint density at radius 2 is 1.78 bits per heavy atom. The third-order valence-electron chi connectivity index (χ3n) is 8.57. The minimum absolute atomic E-state index is 0. The van der Waals surface area contributed by atoms with E-state index in [0.29, 0.717) is 27.5 Å². The van der Waals surface area contributed by atoms with Crippen molar-refractivity contribution in [2.75, 3.05) is 25.5 Å². The summed E-state index contributed by atoms with van der Waals surface area (Å²) in [6.45, 7) is 2.72. The van der Waals surface area contributed by atoms with Gasteiger partial charge in [-0.3, -0.25) is 9.69 Å². The number of carbonyl (C=O) groups is 2. The fourth-order valence-corrected chi connectivity index (χ4v) is 6.46. The first kappa shape index (κ1) is 43.9. The van der Waals surface area contributed by atoms with Gasteiger partial charge in [0.1, 0.15) is 30.4 Å². The molecular formula is C37H36Cl2F2N8O5S. The Bertz CT molecular complexity index is 2210. The van der Waals surface area contributed by atoms with Crippen molar-refractivity contribution in [3.8, 4) is 23.4 Å². The van der Waals surface area contributed by atoms with Crippen LogP contribution in [0.4, 0.5) is 19.3 Å². The highest BCUT2D eigenvalue weighted by molar-refractivity contribution is 7.10. The summed E-state index contributed by atoms with van der Waals surface area (Å²) in [6, 6.07) is 18.3. The first-order valence-electron chi connectivity index (χ1n) is 16.2. The van der Waals surface area contributed by atoms with E-state index in [2.05, 4.69) is 16.5 Å². The van der Waals surface area contributed by atoms with E-state index in [1.807, 2.05) is 6.07 Å². The first-order chi connectivity index (χ1) is 25.4. The molecule has 18 heteroatoms. The molecule has 0 aliphatic heterocycles. The second-order valence-corrected chi connectivity index (χ2v) is 13.0. The van der Waals surface area contributed by atoms with Gasteiger partial charge >= 0.3 is 12.1 Å². The number of anilines is 1. The highest BCUT2D eigenvalue weighted by atomic mass is 35.5. The molecule has 2 heterocycles. The third kappa shape index (κ3) is 10.2. The van der Waals surface area contributed by atoms with Gasteiger partial charge in [0.25, 0.3) is 6.33 Å². The Morgan fingerprint density at radius 1 is 1.09 bits per heavy atom. The molecule has 0 bridgehead atoms. The maximum Gasteiger partial charge on any atom is 0.416 e. The van der Waals surface area contributed by atoms with Gasteiger partial charge in [0.05, 0.1) is 46.2 Å². The number of hydrogen-bond donors (Lipinski definition) is 2. The molecule has 0 aliphatic carbocycles. The van der Waals surface area contributed by atoms with Crippen LogP contribution in [0.3, 0.4) is 0 Å². The number of hydrogen-bond acceptors (Lipinski definition) is 11. The maximum absolute atomic E-state index is 15.4. The van der Waals surface area contributed by atoms with Crippen LogP contribution in [0.2, 0.25) is 0 Å². The normalized spacial score (nSPS) is 12.7. The van der Waals surface area contributed by atoms with E-state index < -0.39 is 41.4 Å². The topological polar surface area (TPSA) is 170 Å². The largest absolute Gasteiger partial charge is 1.00 e. The summed E-state index contributed by atoms with van der Waals surface area (Å²) in [5.74, 6) is -2.94. The number of halogens is 4. The average molecular weight is 814 g/mol. The van der Waals surface area contributed by atoms with Crippen LogP contribution in [0.15, 0.2) is 78.7 Å². The average Bonchev–Trinajstić information content (AvgIpc) is 3.85. The van der Waals surface area contributed by atoms with Crippen LogP contribution in [0.5, 0.6) is 0 Å². The van der Waals surface area contributed by atoms with E-state index in [1.54, 1.807) is 56.6 Å². The van der Waals surface area contributed by atoms with Crippen LogP contribution in [0.25, 0.3) is 11.3 Å². The lowest BCUT2D eigenvalue weighted by Gasteiger charge is -2.32. The summed E-state index contributed by atoms with van der Waals surface area (Å²) in [5, 5.41) is 40.1. The number of aliphatic hydroxyl groups is 1. The van der Waals surface area contributed by atoms with Crippen molar-refractivity contribution in [2.24, 2.45) is 0 Å². The molecule has 288 valence electrons. The summed E-state index contributed by atoms with van der Waals surface area (Å²) in [6.07, 6.45) is 1.05. The SMILES string of the molecule is CNCC(=O)OCc1ccc(C#N)cc1N(C)C(=O)OC(C)[n+]1cnn(CC(O)(c2cc(F)ccc2F)C(C)c2nc(-c3ccc(C#N)cc3)cs2)c1.Cl.[Cl-]. The van der Waals surface area contributed by atoms with E-state index in [0.717, 1.165) is 23.8 Å². The first-order valence-corrected chi connectivity index (χ1v) is 17.1. The number of carbonyl (C=O) groups excluding carboxylic acids is 2. The van der Waals surface area contributed by atoms with Crippen molar-refractivity contribution in [2.45, 2.75) is 44.7 Å². The lowest BCUT2D eigenvalue weighted by molar-refractivity contribution is -0.753. The number of aromatic nitrogens is 4. The van der Waals surface area contributed by atoms with Gasteiger partial charge in [0, 0.05) is 47.1 Å². The Labute approximate surface area is 332 Å². The van der Waals surface area contributed by atoms with Crippen LogP contribution >= 0.6 is 23.7 Å². The predicted octanol–water partition coefficient (Wildman–Crippen LogP) is 2.49. The number of nitrogens with one attached hydrogen (secondary N) is 1. The molecule has 0 fully saturated rings. The fraction of sp³-hybridized carbons (Fsp3) is 0.270. The van der Waals surface area contributed by atoms with Crippen molar-refractivity contribution in [3.05, 3.63) is 118 Å². The number of nitriles is 2. The highest BCUT2D eigenvalue weighted by Crippen LogP contribution is 2.41. The molecule has 1 amide bonds. The summed E-state index contributed by atoms with van der Waals surface area (Å²) < 4.78 is 43.6. The number of benzene rings is 3. The van der Waals surface area contributed by atoms with Crippen molar-refractivity contribution >= 4 is 41.5 Å². The molecule has 0 spiro atoms. The van der Waals surface area contributed by atoms with E-state index in [-0.39, 0.29) is 55.6 Å². The molecule has 5 rings (SSSR count). The van der Waals surface area contributed by atoms with Gasteiger partial charge in [-0.1, -0.05) is 25.1 Å². The molecule has 3 atom stereocenters. The molecule has 2 aromatic heterocycles. The van der Waals surface area contributed by atoms with E-state index in [4.69, 9.17) is 19.7 Å². The van der Waals surface area contributed by atoms with Gasteiger partial charge in [0.15, 0.2) is 0 Å². The number of rotatable bonds is 13. The molecule has 3 unspecified atom stereocenters. The van der Waals surface area contributed by atoms with Gasteiger partial charge in [0.2, 0.25) is 12.6 Å². The van der Waals surface area contributed by atoms with Crippen LogP contribution < -0.4 is 27.2 Å². The molecule has 5 aromatic rings. The zero-order chi connectivity index (χ0) is 38.3. The second-order valence-electron chi connectivity index (χ2n) is 12.1. The molecule has 13 nitrogen and oxygen atoms in total. The Morgan fingerprint density at radius 3 is 2.45 bits per heavy atom. The fourth-order valence-electron chi connectivity index (χ4n) is 5.48. The lowest BCUT2D eigenvalue weighted by atomic mass is 9.82. The number of thiazole rings is 1.